The number of esters is 1. The highest BCUT2D eigenvalue weighted by Crippen LogP contribution is 2.31. The second-order valence-corrected chi connectivity index (χ2v) is 8.28. The maximum atomic E-state index is 13.1. The predicted molar refractivity (Wildman–Crippen MR) is 132 cm³/mol. The summed E-state index contributed by atoms with van der Waals surface area (Å²) in [5.74, 6) is -0.616. The molecule has 0 saturated carbocycles. The fourth-order valence-electron chi connectivity index (χ4n) is 4.00. The summed E-state index contributed by atoms with van der Waals surface area (Å²) in [5, 5.41) is 3.62. The molecule has 9 heteroatoms. The molecule has 0 spiro atoms. The van der Waals surface area contributed by atoms with Gasteiger partial charge < -0.3 is 9.47 Å². The van der Waals surface area contributed by atoms with E-state index in [9.17, 15) is 22.8 Å². The second-order valence-electron chi connectivity index (χ2n) is 8.28. The molecule has 0 aliphatic carbocycles. The van der Waals surface area contributed by atoms with Crippen LogP contribution < -0.4 is 5.32 Å². The Morgan fingerprint density at radius 1 is 0.919 bits per heavy atom. The summed E-state index contributed by atoms with van der Waals surface area (Å²) in [6, 6.07) is 20.0. The molecule has 1 atom stereocenters. The van der Waals surface area contributed by atoms with Gasteiger partial charge in [-0.25, -0.2) is 9.59 Å². The molecule has 1 N–H and O–H groups in total. The summed E-state index contributed by atoms with van der Waals surface area (Å²) < 4.78 is 51.5. The summed E-state index contributed by atoms with van der Waals surface area (Å²) in [5.41, 5.74) is 1.34. The van der Waals surface area contributed by atoms with Crippen molar-refractivity contribution in [2.24, 2.45) is 0 Å². The number of hydrogen-bond donors (Lipinski definition) is 1. The van der Waals surface area contributed by atoms with Crippen LogP contribution in [0.25, 0.3) is 10.9 Å². The van der Waals surface area contributed by atoms with E-state index in [-0.39, 0.29) is 19.8 Å². The zero-order valence-corrected chi connectivity index (χ0v) is 20.0. The molecular weight excluding hydrogens is 485 g/mol. The standard InChI is InChI=1S/C28H25F3N2O4/c1-2-36-26(34)25(32-16-20-11-8-12-21(15-20)28(29,30)31)23-17-33(24-14-7-6-13-22(23)24)27(35)37-18-19-9-4-3-5-10-19/h3-15,17,25,32H,2,16,18H2,1H3. The quantitative estimate of drug-likeness (QED) is 0.284. The molecule has 0 saturated heterocycles. The van der Waals surface area contributed by atoms with Gasteiger partial charge in [-0.05, 0) is 30.2 Å². The molecule has 4 rings (SSSR count). The fourth-order valence-corrected chi connectivity index (χ4v) is 4.00. The number of rotatable bonds is 8. The Kier molecular flexibility index (Phi) is 7.93. The Morgan fingerprint density at radius 2 is 1.62 bits per heavy atom. The molecule has 1 aromatic heterocycles. The van der Waals surface area contributed by atoms with Crippen molar-refractivity contribution in [3.05, 3.63) is 107 Å². The topological polar surface area (TPSA) is 69.6 Å². The first-order chi connectivity index (χ1) is 17.8. The average Bonchev–Trinajstić information content (AvgIpc) is 3.27. The molecule has 0 aliphatic heterocycles. The minimum atomic E-state index is -4.48. The van der Waals surface area contributed by atoms with E-state index in [0.29, 0.717) is 22.0 Å². The van der Waals surface area contributed by atoms with Crippen molar-refractivity contribution in [1.29, 1.82) is 0 Å². The number of halogens is 3. The third-order valence-corrected chi connectivity index (χ3v) is 5.74. The molecule has 0 fully saturated rings. The van der Waals surface area contributed by atoms with Gasteiger partial charge in [-0.1, -0.05) is 66.7 Å². The average molecular weight is 511 g/mol. The molecule has 0 bridgehead atoms. The van der Waals surface area contributed by atoms with Gasteiger partial charge in [0.25, 0.3) is 0 Å². The number of nitrogens with zero attached hydrogens (tertiary/aromatic N) is 1. The summed E-state index contributed by atoms with van der Waals surface area (Å²) >= 11 is 0. The molecule has 0 radical (unpaired) electrons. The molecular formula is C28H25F3N2O4. The fraction of sp³-hybridized carbons (Fsp3) is 0.214. The normalized spacial score (nSPS) is 12.3. The largest absolute Gasteiger partial charge is 0.465 e. The number of hydrogen-bond acceptors (Lipinski definition) is 5. The maximum Gasteiger partial charge on any atom is 0.418 e. The van der Waals surface area contributed by atoms with Crippen molar-refractivity contribution >= 4 is 23.0 Å². The molecule has 6 nitrogen and oxygen atoms in total. The van der Waals surface area contributed by atoms with Crippen LogP contribution in [0.15, 0.2) is 85.1 Å². The van der Waals surface area contributed by atoms with E-state index in [1.807, 2.05) is 30.3 Å². The number of aromatic nitrogens is 1. The first-order valence-corrected chi connectivity index (χ1v) is 11.6. The number of carbonyl (C=O) groups is 2. The van der Waals surface area contributed by atoms with Gasteiger partial charge in [-0.3, -0.25) is 9.88 Å². The zero-order chi connectivity index (χ0) is 26.4. The van der Waals surface area contributed by atoms with E-state index in [1.54, 1.807) is 31.2 Å². The lowest BCUT2D eigenvalue weighted by Gasteiger charge is -2.18. The Labute approximate surface area is 211 Å². The van der Waals surface area contributed by atoms with Crippen molar-refractivity contribution < 1.29 is 32.2 Å². The predicted octanol–water partition coefficient (Wildman–Crippen LogP) is 6.24. The minimum Gasteiger partial charge on any atom is -0.465 e. The molecule has 1 unspecified atom stereocenters. The molecule has 37 heavy (non-hydrogen) atoms. The molecule has 3 aromatic carbocycles. The smallest absolute Gasteiger partial charge is 0.418 e. The van der Waals surface area contributed by atoms with Crippen LogP contribution in [0.1, 0.15) is 35.2 Å². The van der Waals surface area contributed by atoms with Crippen molar-refractivity contribution in [3.8, 4) is 0 Å². The van der Waals surface area contributed by atoms with Gasteiger partial charge >= 0.3 is 18.2 Å². The molecule has 192 valence electrons. The number of nitrogens with one attached hydrogen (secondary N) is 1. The first kappa shape index (κ1) is 26.0. The van der Waals surface area contributed by atoms with Gasteiger partial charge in [0.15, 0.2) is 0 Å². The van der Waals surface area contributed by atoms with E-state index >= 15 is 0 Å². The van der Waals surface area contributed by atoms with Gasteiger partial charge in [-0.2, -0.15) is 13.2 Å². The van der Waals surface area contributed by atoms with E-state index < -0.39 is 29.8 Å². The first-order valence-electron chi connectivity index (χ1n) is 11.6. The van der Waals surface area contributed by atoms with Crippen LogP contribution in [0.3, 0.4) is 0 Å². The Balaban J connectivity index is 1.63. The number of alkyl halides is 3. The lowest BCUT2D eigenvalue weighted by atomic mass is 10.0. The third-order valence-electron chi connectivity index (χ3n) is 5.74. The highest BCUT2D eigenvalue weighted by atomic mass is 19.4. The summed E-state index contributed by atoms with van der Waals surface area (Å²) in [6.07, 6.45) is -3.62. The lowest BCUT2D eigenvalue weighted by Crippen LogP contribution is -2.30. The molecule has 4 aromatic rings. The molecule has 0 aliphatic rings. The Bertz CT molecular complexity index is 1380. The summed E-state index contributed by atoms with van der Waals surface area (Å²) in [4.78, 5) is 25.9. The maximum absolute atomic E-state index is 13.1. The summed E-state index contributed by atoms with van der Waals surface area (Å²) in [6.45, 7) is 1.80. The van der Waals surface area contributed by atoms with Gasteiger partial charge in [0.2, 0.25) is 0 Å². The SMILES string of the molecule is CCOC(=O)C(NCc1cccc(C(F)(F)F)c1)c1cn(C(=O)OCc2ccccc2)c2ccccc12. The van der Waals surface area contributed by atoms with Crippen LogP contribution >= 0.6 is 0 Å². The monoisotopic (exact) mass is 510 g/mol. The molecule has 1 heterocycles. The number of para-hydroxylation sites is 1. The second kappa shape index (κ2) is 11.3. The lowest BCUT2D eigenvalue weighted by molar-refractivity contribution is -0.146. The van der Waals surface area contributed by atoms with E-state index in [2.05, 4.69) is 5.32 Å². The number of fused-ring (bicyclic) bond motifs is 1. The number of carbonyl (C=O) groups excluding carboxylic acids is 2. The van der Waals surface area contributed by atoms with Crippen LogP contribution in [0.2, 0.25) is 0 Å². The minimum absolute atomic E-state index is 0.0363. The molecule has 0 amide bonds. The van der Waals surface area contributed by atoms with Crippen LogP contribution in [-0.4, -0.2) is 23.2 Å². The van der Waals surface area contributed by atoms with Gasteiger partial charge in [-0.15, -0.1) is 0 Å². The number of benzene rings is 3. The van der Waals surface area contributed by atoms with Gasteiger partial charge in [0.05, 0.1) is 17.7 Å². The highest BCUT2D eigenvalue weighted by molar-refractivity contribution is 5.95. The van der Waals surface area contributed by atoms with E-state index in [0.717, 1.165) is 17.7 Å². The highest BCUT2D eigenvalue weighted by Gasteiger charge is 2.31. The summed E-state index contributed by atoms with van der Waals surface area (Å²) in [7, 11) is 0. The van der Waals surface area contributed by atoms with Crippen molar-refractivity contribution in [2.45, 2.75) is 32.3 Å². The van der Waals surface area contributed by atoms with E-state index in [4.69, 9.17) is 9.47 Å². The number of ether oxygens (including phenoxy) is 2. The Morgan fingerprint density at radius 3 is 2.35 bits per heavy atom. The van der Waals surface area contributed by atoms with Gasteiger partial charge in [0.1, 0.15) is 12.6 Å². The van der Waals surface area contributed by atoms with Crippen LogP contribution in [0, 0.1) is 0 Å². The van der Waals surface area contributed by atoms with E-state index in [1.165, 1.54) is 22.9 Å². The third kappa shape index (κ3) is 6.18. The Hall–Kier alpha value is -4.11. The zero-order valence-electron chi connectivity index (χ0n) is 20.0. The van der Waals surface area contributed by atoms with Crippen molar-refractivity contribution in [2.75, 3.05) is 6.61 Å². The van der Waals surface area contributed by atoms with Crippen molar-refractivity contribution in [1.82, 2.24) is 9.88 Å². The van der Waals surface area contributed by atoms with Crippen LogP contribution in [-0.2, 0) is 33.6 Å². The van der Waals surface area contributed by atoms with Gasteiger partial charge in [0, 0.05) is 23.7 Å². The van der Waals surface area contributed by atoms with Crippen LogP contribution in [0.4, 0.5) is 18.0 Å². The van der Waals surface area contributed by atoms with Crippen LogP contribution in [0.5, 0.6) is 0 Å². The van der Waals surface area contributed by atoms with Crippen molar-refractivity contribution in [3.63, 3.8) is 0 Å².